The fraction of sp³-hybridized carbons (Fsp3) is 0.692. The Kier molecular flexibility index (Phi) is 4.32. The lowest BCUT2D eigenvalue weighted by Crippen LogP contribution is -2.38. The molecule has 1 atom stereocenters. The Hall–Kier alpha value is -0.850. The van der Waals surface area contributed by atoms with E-state index in [4.69, 9.17) is 0 Å². The third kappa shape index (κ3) is 2.85. The Bertz CT molecular complexity index is 515. The molecule has 0 amide bonds. The van der Waals surface area contributed by atoms with E-state index in [0.717, 1.165) is 12.8 Å². The van der Waals surface area contributed by atoms with Crippen molar-refractivity contribution in [2.75, 3.05) is 13.1 Å². The topological polar surface area (TPSA) is 62.5 Å². The van der Waals surface area contributed by atoms with Gasteiger partial charge in [-0.3, -0.25) is 0 Å². The molecule has 1 aromatic rings. The van der Waals surface area contributed by atoms with Crippen LogP contribution < -0.4 is 0 Å². The monoisotopic (exact) mass is 286 g/mol. The van der Waals surface area contributed by atoms with E-state index in [9.17, 15) is 13.5 Å². The maximum absolute atomic E-state index is 12.6. The van der Waals surface area contributed by atoms with Crippen molar-refractivity contribution < 1.29 is 13.5 Å². The number of nitrogens with zero attached hydrogens (tertiary/aromatic N) is 2. The van der Waals surface area contributed by atoms with Gasteiger partial charge in [-0.15, -0.1) is 0 Å². The van der Waals surface area contributed by atoms with Crippen LogP contribution in [0.15, 0.2) is 17.2 Å². The molecule has 1 saturated heterocycles. The van der Waals surface area contributed by atoms with Crippen LogP contribution in [0.4, 0.5) is 0 Å². The molecular weight excluding hydrogens is 264 g/mol. The first kappa shape index (κ1) is 14.6. The Labute approximate surface area is 114 Å². The molecule has 1 aliphatic rings. The number of aromatic nitrogens is 1. The lowest BCUT2D eigenvalue weighted by Gasteiger charge is -2.29. The number of hydrogen-bond donors (Lipinski definition) is 1. The number of rotatable bonds is 4. The van der Waals surface area contributed by atoms with Crippen molar-refractivity contribution in [3.63, 3.8) is 0 Å². The van der Waals surface area contributed by atoms with Gasteiger partial charge in [-0.2, -0.15) is 4.31 Å². The molecule has 1 unspecified atom stereocenters. The molecule has 0 aromatic carbocycles. The maximum atomic E-state index is 12.6. The molecule has 2 rings (SSSR count). The molecular formula is C13H22N2O3S. The van der Waals surface area contributed by atoms with Gasteiger partial charge in [0.25, 0.3) is 0 Å². The third-order valence-corrected chi connectivity index (χ3v) is 5.55. The lowest BCUT2D eigenvalue weighted by atomic mass is 10.0. The van der Waals surface area contributed by atoms with Crippen molar-refractivity contribution in [3.05, 3.63) is 18.0 Å². The molecule has 1 N–H and O–H groups in total. The van der Waals surface area contributed by atoms with Crippen molar-refractivity contribution in [2.45, 2.75) is 44.7 Å². The van der Waals surface area contributed by atoms with Gasteiger partial charge in [0.05, 0.1) is 6.61 Å². The zero-order valence-electron chi connectivity index (χ0n) is 11.5. The summed E-state index contributed by atoms with van der Waals surface area (Å²) in [5.74, 6) is 0.411. The number of sulfonamides is 1. The smallest absolute Gasteiger partial charge is 0.244 e. The van der Waals surface area contributed by atoms with E-state index >= 15 is 0 Å². The third-order valence-electron chi connectivity index (χ3n) is 3.72. The van der Waals surface area contributed by atoms with Gasteiger partial charge in [0, 0.05) is 31.5 Å². The Morgan fingerprint density at radius 3 is 2.74 bits per heavy atom. The molecule has 2 heterocycles. The molecule has 1 aliphatic heterocycles. The Balaban J connectivity index is 2.31. The minimum absolute atomic E-state index is 0.139. The van der Waals surface area contributed by atoms with Crippen molar-refractivity contribution in [1.29, 1.82) is 0 Å². The molecule has 0 bridgehead atoms. The van der Waals surface area contributed by atoms with Gasteiger partial charge in [-0.05, 0) is 31.7 Å². The predicted molar refractivity (Wildman–Crippen MR) is 73.2 cm³/mol. The minimum Gasteiger partial charge on any atom is -0.390 e. The van der Waals surface area contributed by atoms with Gasteiger partial charge in [0.2, 0.25) is 10.0 Å². The lowest BCUT2D eigenvalue weighted by molar-refractivity contribution is 0.271. The molecule has 0 radical (unpaired) electrons. The number of piperidine rings is 1. The molecule has 0 saturated carbocycles. The summed E-state index contributed by atoms with van der Waals surface area (Å²) in [6.07, 6.45) is 3.63. The first-order valence-electron chi connectivity index (χ1n) is 6.79. The molecule has 19 heavy (non-hydrogen) atoms. The van der Waals surface area contributed by atoms with Crippen LogP contribution in [0.3, 0.4) is 0 Å². The Morgan fingerprint density at radius 1 is 1.47 bits per heavy atom. The fourth-order valence-corrected chi connectivity index (χ4v) is 4.27. The summed E-state index contributed by atoms with van der Waals surface area (Å²) in [6, 6.07) is 1.58. The summed E-state index contributed by atoms with van der Waals surface area (Å²) in [6.45, 7) is 5.71. The number of aryl methyl sites for hydroxylation is 1. The van der Waals surface area contributed by atoms with Crippen molar-refractivity contribution in [3.8, 4) is 0 Å². The van der Waals surface area contributed by atoms with E-state index < -0.39 is 10.0 Å². The standard InChI is InChI=1S/C13H22N2O3S/c1-3-14-9-13(7-12(14)10-16)19(17,18)15-6-4-5-11(2)8-15/h7,9,11,16H,3-6,8,10H2,1-2H3. The van der Waals surface area contributed by atoms with Crippen LogP contribution in [0.5, 0.6) is 0 Å². The second-order valence-corrected chi connectivity index (χ2v) is 7.16. The Morgan fingerprint density at radius 2 is 2.21 bits per heavy atom. The van der Waals surface area contributed by atoms with Crippen LogP contribution in [-0.4, -0.2) is 35.5 Å². The summed E-state index contributed by atoms with van der Waals surface area (Å²) in [5.41, 5.74) is 0.645. The highest BCUT2D eigenvalue weighted by Gasteiger charge is 2.29. The zero-order chi connectivity index (χ0) is 14.0. The van der Waals surface area contributed by atoms with E-state index in [-0.39, 0.29) is 6.61 Å². The molecule has 1 aromatic heterocycles. The highest BCUT2D eigenvalue weighted by Crippen LogP contribution is 2.24. The molecule has 5 nitrogen and oxygen atoms in total. The van der Waals surface area contributed by atoms with E-state index in [1.54, 1.807) is 21.1 Å². The van der Waals surface area contributed by atoms with Crippen LogP contribution in [0, 0.1) is 5.92 Å². The highest BCUT2D eigenvalue weighted by atomic mass is 32.2. The summed E-state index contributed by atoms with van der Waals surface area (Å²) in [4.78, 5) is 0.299. The average molecular weight is 286 g/mol. The largest absolute Gasteiger partial charge is 0.390 e. The normalized spacial score (nSPS) is 21.7. The number of hydrogen-bond acceptors (Lipinski definition) is 3. The van der Waals surface area contributed by atoms with Crippen molar-refractivity contribution >= 4 is 10.0 Å². The molecule has 1 fully saturated rings. The number of aliphatic hydroxyl groups excluding tert-OH is 1. The van der Waals surface area contributed by atoms with E-state index in [1.807, 2.05) is 6.92 Å². The van der Waals surface area contributed by atoms with Gasteiger partial charge in [-0.1, -0.05) is 6.92 Å². The zero-order valence-corrected chi connectivity index (χ0v) is 12.4. The van der Waals surface area contributed by atoms with E-state index in [1.165, 1.54) is 0 Å². The number of aliphatic hydroxyl groups is 1. The first-order valence-corrected chi connectivity index (χ1v) is 8.23. The highest BCUT2D eigenvalue weighted by molar-refractivity contribution is 7.89. The summed E-state index contributed by atoms with van der Waals surface area (Å²) < 4.78 is 28.5. The summed E-state index contributed by atoms with van der Waals surface area (Å²) in [5, 5.41) is 9.25. The van der Waals surface area contributed by atoms with Crippen LogP contribution in [0.1, 0.15) is 32.4 Å². The van der Waals surface area contributed by atoms with Gasteiger partial charge < -0.3 is 9.67 Å². The molecule has 108 valence electrons. The van der Waals surface area contributed by atoms with Gasteiger partial charge in [0.1, 0.15) is 4.90 Å². The van der Waals surface area contributed by atoms with Crippen molar-refractivity contribution in [2.24, 2.45) is 5.92 Å². The summed E-state index contributed by atoms with van der Waals surface area (Å²) >= 11 is 0. The van der Waals surface area contributed by atoms with Crippen LogP contribution in [0.2, 0.25) is 0 Å². The van der Waals surface area contributed by atoms with E-state index in [2.05, 4.69) is 6.92 Å². The average Bonchev–Trinajstić information content (AvgIpc) is 2.82. The van der Waals surface area contributed by atoms with Crippen LogP contribution in [0.25, 0.3) is 0 Å². The van der Waals surface area contributed by atoms with Gasteiger partial charge in [-0.25, -0.2) is 8.42 Å². The predicted octanol–water partition coefficient (Wildman–Crippen LogP) is 1.42. The van der Waals surface area contributed by atoms with Crippen LogP contribution in [-0.2, 0) is 23.2 Å². The summed E-state index contributed by atoms with van der Waals surface area (Å²) in [7, 11) is -3.42. The van der Waals surface area contributed by atoms with Gasteiger partial charge in [0.15, 0.2) is 0 Å². The van der Waals surface area contributed by atoms with E-state index in [0.29, 0.717) is 36.1 Å². The SMILES string of the molecule is CCn1cc(S(=O)(=O)N2CCCC(C)C2)cc1CO. The first-order chi connectivity index (χ1) is 8.98. The molecule has 0 spiro atoms. The second-order valence-electron chi connectivity index (χ2n) is 5.22. The molecule has 0 aliphatic carbocycles. The fourth-order valence-electron chi connectivity index (χ4n) is 2.61. The quantitative estimate of drug-likeness (QED) is 0.910. The van der Waals surface area contributed by atoms with Gasteiger partial charge >= 0.3 is 0 Å². The molecule has 6 heteroatoms. The minimum atomic E-state index is -3.42. The second kappa shape index (κ2) is 5.64. The maximum Gasteiger partial charge on any atom is 0.244 e. The van der Waals surface area contributed by atoms with Crippen molar-refractivity contribution in [1.82, 2.24) is 8.87 Å². The van der Waals surface area contributed by atoms with Crippen LogP contribution >= 0.6 is 0 Å².